The summed E-state index contributed by atoms with van der Waals surface area (Å²) in [4.78, 5) is 11.1. The number of carbonyl (C=O) groups excluding carboxylic acids is 1. The topological polar surface area (TPSA) is 47.6 Å². The second-order valence-corrected chi connectivity index (χ2v) is 5.24. The van der Waals surface area contributed by atoms with Gasteiger partial charge in [0.05, 0.1) is 6.04 Å². The van der Waals surface area contributed by atoms with Gasteiger partial charge in [-0.25, -0.2) is 4.79 Å². The van der Waals surface area contributed by atoms with Gasteiger partial charge in [-0.1, -0.05) is 24.0 Å². The minimum atomic E-state index is -4.72. The fraction of sp³-hybridized carbons (Fsp3) is 0.167. The first-order chi connectivity index (χ1) is 11.9. The molecule has 2 aromatic carbocycles. The van der Waals surface area contributed by atoms with E-state index in [9.17, 15) is 18.0 Å². The summed E-state index contributed by atoms with van der Waals surface area (Å²) in [6.45, 7) is 0.260. The van der Waals surface area contributed by atoms with Crippen molar-refractivity contribution < 1.29 is 27.4 Å². The van der Waals surface area contributed by atoms with Crippen molar-refractivity contribution >= 4 is 6.09 Å². The zero-order chi connectivity index (χ0) is 17.9. The molecule has 1 atom stereocenters. The van der Waals surface area contributed by atoms with E-state index in [1.54, 1.807) is 6.07 Å². The van der Waals surface area contributed by atoms with Crippen molar-refractivity contribution in [2.45, 2.75) is 12.4 Å². The van der Waals surface area contributed by atoms with Crippen LogP contribution in [0.4, 0.5) is 18.0 Å². The highest BCUT2D eigenvalue weighted by molar-refractivity contribution is 5.70. The first kappa shape index (κ1) is 16.7. The minimum Gasteiger partial charge on any atom is -0.447 e. The molecule has 4 nitrogen and oxygen atoms in total. The molecule has 1 aliphatic rings. The Morgan fingerprint density at radius 2 is 1.80 bits per heavy atom. The van der Waals surface area contributed by atoms with E-state index >= 15 is 0 Å². The van der Waals surface area contributed by atoms with E-state index in [0.29, 0.717) is 11.1 Å². The van der Waals surface area contributed by atoms with Crippen LogP contribution < -0.4 is 10.1 Å². The third-order valence-corrected chi connectivity index (χ3v) is 3.40. The number of carbonyl (C=O) groups is 1. The average Bonchev–Trinajstić information content (AvgIpc) is 3.00. The minimum absolute atomic E-state index is 0.215. The van der Waals surface area contributed by atoms with Gasteiger partial charge in [-0.05, 0) is 42.0 Å². The lowest BCUT2D eigenvalue weighted by molar-refractivity contribution is -0.274. The van der Waals surface area contributed by atoms with Crippen LogP contribution in [-0.2, 0) is 4.74 Å². The monoisotopic (exact) mass is 347 g/mol. The number of cyclic esters (lactones) is 1. The van der Waals surface area contributed by atoms with Gasteiger partial charge in [-0.15, -0.1) is 13.2 Å². The Labute approximate surface area is 141 Å². The number of alkyl halides is 3. The summed E-state index contributed by atoms with van der Waals surface area (Å²) in [5.74, 6) is 5.51. The van der Waals surface area contributed by atoms with Gasteiger partial charge < -0.3 is 14.8 Å². The molecule has 0 radical (unpaired) electrons. The maximum Gasteiger partial charge on any atom is 0.573 e. The molecule has 1 saturated heterocycles. The molecule has 1 amide bonds. The van der Waals surface area contributed by atoms with Crippen molar-refractivity contribution in [2.24, 2.45) is 0 Å². The van der Waals surface area contributed by atoms with Gasteiger partial charge in [-0.2, -0.15) is 0 Å². The van der Waals surface area contributed by atoms with Crippen LogP contribution in [-0.4, -0.2) is 19.1 Å². The molecule has 0 aliphatic carbocycles. The summed E-state index contributed by atoms with van der Waals surface area (Å²) in [6, 6.07) is 12.4. The first-order valence-corrected chi connectivity index (χ1v) is 7.30. The molecule has 0 spiro atoms. The van der Waals surface area contributed by atoms with E-state index in [0.717, 1.165) is 5.56 Å². The molecule has 2 aromatic rings. The van der Waals surface area contributed by atoms with Gasteiger partial charge in [-0.3, -0.25) is 0 Å². The number of benzene rings is 2. The van der Waals surface area contributed by atoms with Crippen molar-refractivity contribution in [1.29, 1.82) is 0 Å². The summed E-state index contributed by atoms with van der Waals surface area (Å²) in [5, 5.41) is 2.68. The Morgan fingerprint density at radius 3 is 2.44 bits per heavy atom. The van der Waals surface area contributed by atoms with Gasteiger partial charge in [0.1, 0.15) is 12.4 Å². The molecule has 128 valence electrons. The van der Waals surface area contributed by atoms with Crippen molar-refractivity contribution in [2.75, 3.05) is 6.61 Å². The number of nitrogens with one attached hydrogen (secondary N) is 1. The van der Waals surface area contributed by atoms with Crippen molar-refractivity contribution in [3.05, 3.63) is 65.2 Å². The molecular formula is C18H12F3NO3. The number of hydrogen-bond acceptors (Lipinski definition) is 3. The van der Waals surface area contributed by atoms with Crippen LogP contribution in [0, 0.1) is 11.8 Å². The third-order valence-electron chi connectivity index (χ3n) is 3.40. The van der Waals surface area contributed by atoms with Crippen molar-refractivity contribution in [3.8, 4) is 17.6 Å². The molecule has 1 aliphatic heterocycles. The fourth-order valence-electron chi connectivity index (χ4n) is 2.28. The molecule has 0 bridgehead atoms. The zero-order valence-electron chi connectivity index (χ0n) is 12.8. The van der Waals surface area contributed by atoms with E-state index < -0.39 is 12.5 Å². The summed E-state index contributed by atoms with van der Waals surface area (Å²) < 4.78 is 45.0. The maximum absolute atomic E-state index is 12.1. The van der Waals surface area contributed by atoms with Gasteiger partial charge in [0, 0.05) is 11.1 Å². The number of amides is 1. The lowest BCUT2D eigenvalue weighted by atomic mass is 10.0. The number of halogens is 3. The number of alkyl carbamates (subject to hydrolysis) is 1. The fourth-order valence-corrected chi connectivity index (χ4v) is 2.28. The standard InChI is InChI=1S/C18H12F3NO3/c19-18(20,21)25-15-8-6-12(7-9-15)4-5-13-2-1-3-14(10-13)16-11-24-17(23)22-16/h1-3,6-10,16H,11H2,(H,22,23)/t16-/m0/s1. The molecular weight excluding hydrogens is 335 g/mol. The quantitative estimate of drug-likeness (QED) is 0.842. The number of rotatable bonds is 2. The van der Waals surface area contributed by atoms with E-state index in [-0.39, 0.29) is 18.4 Å². The molecule has 0 saturated carbocycles. The zero-order valence-corrected chi connectivity index (χ0v) is 12.8. The Bertz CT molecular complexity index is 835. The third kappa shape index (κ3) is 4.67. The lowest BCUT2D eigenvalue weighted by Crippen LogP contribution is -2.18. The summed E-state index contributed by atoms with van der Waals surface area (Å²) >= 11 is 0. The first-order valence-electron chi connectivity index (χ1n) is 7.30. The van der Waals surface area contributed by atoms with Crippen LogP contribution in [0.25, 0.3) is 0 Å². The summed E-state index contributed by atoms with van der Waals surface area (Å²) in [6.07, 6.45) is -5.17. The Kier molecular flexibility index (Phi) is 4.52. The Balaban J connectivity index is 1.72. The van der Waals surface area contributed by atoms with Crippen LogP contribution in [0.3, 0.4) is 0 Å². The van der Waals surface area contributed by atoms with E-state index in [2.05, 4.69) is 21.9 Å². The molecule has 25 heavy (non-hydrogen) atoms. The second kappa shape index (κ2) is 6.77. The Hall–Kier alpha value is -3.14. The molecule has 3 rings (SSSR count). The van der Waals surface area contributed by atoms with Crippen LogP contribution in [0.1, 0.15) is 22.7 Å². The molecule has 1 fully saturated rings. The highest BCUT2D eigenvalue weighted by Crippen LogP contribution is 2.22. The molecule has 7 heteroatoms. The van der Waals surface area contributed by atoms with E-state index in [1.807, 2.05) is 18.2 Å². The van der Waals surface area contributed by atoms with Crippen LogP contribution >= 0.6 is 0 Å². The summed E-state index contributed by atoms with van der Waals surface area (Å²) in [5.41, 5.74) is 2.14. The molecule has 1 N–H and O–H groups in total. The molecule has 0 aromatic heterocycles. The molecule has 1 heterocycles. The van der Waals surface area contributed by atoms with E-state index in [1.165, 1.54) is 24.3 Å². The SMILES string of the molecule is O=C1N[C@H](c2cccc(C#Cc3ccc(OC(F)(F)F)cc3)c2)CO1. The Morgan fingerprint density at radius 1 is 1.08 bits per heavy atom. The van der Waals surface area contributed by atoms with E-state index in [4.69, 9.17) is 4.74 Å². The smallest absolute Gasteiger partial charge is 0.447 e. The lowest BCUT2D eigenvalue weighted by Gasteiger charge is -2.08. The highest BCUT2D eigenvalue weighted by atomic mass is 19.4. The van der Waals surface area contributed by atoms with Gasteiger partial charge >= 0.3 is 12.5 Å². The molecule has 0 unspecified atom stereocenters. The highest BCUT2D eigenvalue weighted by Gasteiger charge is 2.30. The largest absolute Gasteiger partial charge is 0.573 e. The number of ether oxygens (including phenoxy) is 2. The predicted molar refractivity (Wildman–Crippen MR) is 82.8 cm³/mol. The predicted octanol–water partition coefficient (Wildman–Crippen LogP) is 3.77. The van der Waals surface area contributed by atoms with Crippen LogP contribution in [0.5, 0.6) is 5.75 Å². The summed E-state index contributed by atoms with van der Waals surface area (Å²) in [7, 11) is 0. The average molecular weight is 347 g/mol. The number of hydrogen-bond donors (Lipinski definition) is 1. The van der Waals surface area contributed by atoms with Crippen LogP contribution in [0.15, 0.2) is 48.5 Å². The van der Waals surface area contributed by atoms with Gasteiger partial charge in [0.25, 0.3) is 0 Å². The van der Waals surface area contributed by atoms with Crippen LogP contribution in [0.2, 0.25) is 0 Å². The normalized spacial score (nSPS) is 16.4. The second-order valence-electron chi connectivity index (χ2n) is 5.24. The van der Waals surface area contributed by atoms with Crippen molar-refractivity contribution in [1.82, 2.24) is 5.32 Å². The maximum atomic E-state index is 12.1. The van der Waals surface area contributed by atoms with Crippen molar-refractivity contribution in [3.63, 3.8) is 0 Å². The van der Waals surface area contributed by atoms with Gasteiger partial charge in [0.2, 0.25) is 0 Å². The van der Waals surface area contributed by atoms with Gasteiger partial charge in [0.15, 0.2) is 0 Å².